The third-order valence-electron chi connectivity index (χ3n) is 3.23. The van der Waals surface area contributed by atoms with Crippen LogP contribution in [0.25, 0.3) is 0 Å². The second-order valence-electron chi connectivity index (χ2n) is 4.68. The summed E-state index contributed by atoms with van der Waals surface area (Å²) < 4.78 is 0. The predicted molar refractivity (Wildman–Crippen MR) is 80.5 cm³/mol. The van der Waals surface area contributed by atoms with Crippen molar-refractivity contribution in [3.05, 3.63) is 23.2 Å². The highest BCUT2D eigenvalue weighted by Crippen LogP contribution is 2.27. The predicted octanol–water partition coefficient (Wildman–Crippen LogP) is 2.26. The fourth-order valence-electron chi connectivity index (χ4n) is 2.01. The molecule has 0 saturated carbocycles. The van der Waals surface area contributed by atoms with Crippen molar-refractivity contribution in [1.29, 1.82) is 0 Å². The number of hydrogen-bond acceptors (Lipinski definition) is 4. The number of nitrogens with two attached hydrogens (primary N) is 1. The van der Waals surface area contributed by atoms with E-state index >= 15 is 0 Å². The number of nitrogens with zero attached hydrogens (tertiary/aromatic N) is 2. The molecule has 18 heavy (non-hydrogen) atoms. The van der Waals surface area contributed by atoms with Gasteiger partial charge in [-0.15, -0.1) is 11.8 Å². The van der Waals surface area contributed by atoms with Gasteiger partial charge < -0.3 is 10.6 Å². The Bertz CT molecular complexity index is 392. The van der Waals surface area contributed by atoms with Crippen LogP contribution in [0.5, 0.6) is 0 Å². The summed E-state index contributed by atoms with van der Waals surface area (Å²) in [5, 5.41) is 0.705. The van der Waals surface area contributed by atoms with Gasteiger partial charge in [0.25, 0.3) is 0 Å². The fourth-order valence-corrected chi connectivity index (χ4v) is 3.15. The van der Waals surface area contributed by atoms with Crippen molar-refractivity contribution < 1.29 is 0 Å². The smallest absolute Gasteiger partial charge is 0.0467 e. The Kier molecular flexibility index (Phi) is 5.18. The van der Waals surface area contributed by atoms with Gasteiger partial charge in [-0.3, -0.25) is 4.90 Å². The molecule has 0 atom stereocenters. The lowest BCUT2D eigenvalue weighted by molar-refractivity contribution is 0.161. The van der Waals surface area contributed by atoms with Gasteiger partial charge in [0.15, 0.2) is 0 Å². The monoisotopic (exact) mass is 285 g/mol. The molecule has 100 valence electrons. The van der Waals surface area contributed by atoms with Gasteiger partial charge in [0, 0.05) is 54.1 Å². The molecule has 1 aliphatic rings. The van der Waals surface area contributed by atoms with Gasteiger partial charge in [-0.05, 0) is 25.2 Å². The van der Waals surface area contributed by atoms with Crippen molar-refractivity contribution in [3.63, 3.8) is 0 Å². The summed E-state index contributed by atoms with van der Waals surface area (Å²) in [6, 6.07) is 5.72. The van der Waals surface area contributed by atoms with Crippen molar-refractivity contribution in [1.82, 2.24) is 9.80 Å². The first-order valence-corrected chi connectivity index (χ1v) is 7.60. The number of thioether (sulfide) groups is 1. The number of halogens is 1. The molecule has 1 saturated heterocycles. The van der Waals surface area contributed by atoms with E-state index < -0.39 is 0 Å². The molecule has 2 rings (SSSR count). The summed E-state index contributed by atoms with van der Waals surface area (Å²) in [6.07, 6.45) is 0. The highest BCUT2D eigenvalue weighted by molar-refractivity contribution is 7.99. The zero-order valence-electron chi connectivity index (χ0n) is 10.7. The summed E-state index contributed by atoms with van der Waals surface area (Å²) in [5.41, 5.74) is 6.72. The van der Waals surface area contributed by atoms with Crippen LogP contribution in [0.2, 0.25) is 5.02 Å². The molecular weight excluding hydrogens is 266 g/mol. The van der Waals surface area contributed by atoms with Crippen molar-refractivity contribution >= 4 is 29.1 Å². The molecule has 0 aliphatic carbocycles. The second kappa shape index (κ2) is 6.66. The van der Waals surface area contributed by atoms with Gasteiger partial charge >= 0.3 is 0 Å². The van der Waals surface area contributed by atoms with Crippen LogP contribution >= 0.6 is 23.4 Å². The van der Waals surface area contributed by atoms with Gasteiger partial charge in [0.1, 0.15) is 0 Å². The number of likely N-dealkylation sites (N-methyl/N-ethyl adjacent to an activating group) is 1. The zero-order chi connectivity index (χ0) is 13.0. The highest BCUT2D eigenvalue weighted by Gasteiger charge is 2.13. The summed E-state index contributed by atoms with van der Waals surface area (Å²) in [5.74, 6) is 1.08. The van der Waals surface area contributed by atoms with E-state index in [1.54, 1.807) is 0 Å². The molecular formula is C13H20ClN3S. The number of nitrogen functional groups attached to an aromatic ring is 1. The molecule has 5 heteroatoms. The number of anilines is 1. The van der Waals surface area contributed by atoms with E-state index in [9.17, 15) is 0 Å². The lowest BCUT2D eigenvalue weighted by atomic mass is 10.3. The molecule has 1 aromatic rings. The quantitative estimate of drug-likeness (QED) is 0.679. The molecule has 1 fully saturated rings. The molecule has 1 aliphatic heterocycles. The Morgan fingerprint density at radius 1 is 1.28 bits per heavy atom. The van der Waals surface area contributed by atoms with E-state index in [-0.39, 0.29) is 0 Å². The zero-order valence-corrected chi connectivity index (χ0v) is 12.3. The van der Waals surface area contributed by atoms with Crippen LogP contribution in [0.4, 0.5) is 5.69 Å². The van der Waals surface area contributed by atoms with Crippen molar-refractivity contribution in [2.45, 2.75) is 4.90 Å². The van der Waals surface area contributed by atoms with Crippen LogP contribution in [0.1, 0.15) is 0 Å². The molecule has 0 radical (unpaired) electrons. The number of piperazine rings is 1. The first-order chi connectivity index (χ1) is 8.65. The Morgan fingerprint density at radius 3 is 2.67 bits per heavy atom. The SMILES string of the molecule is CN1CCN(CCSc2ccc(Cl)cc2N)CC1. The first-order valence-electron chi connectivity index (χ1n) is 6.24. The van der Waals surface area contributed by atoms with Crippen molar-refractivity contribution in [3.8, 4) is 0 Å². The summed E-state index contributed by atoms with van der Waals surface area (Å²) >= 11 is 7.70. The Labute approximate surface area is 118 Å². The van der Waals surface area contributed by atoms with E-state index in [0.717, 1.165) is 22.9 Å². The van der Waals surface area contributed by atoms with E-state index in [1.807, 2.05) is 30.0 Å². The molecule has 0 bridgehead atoms. The maximum atomic E-state index is 5.93. The summed E-state index contributed by atoms with van der Waals surface area (Å²) in [4.78, 5) is 6.02. The average Bonchev–Trinajstić information content (AvgIpc) is 2.34. The second-order valence-corrected chi connectivity index (χ2v) is 6.25. The maximum absolute atomic E-state index is 5.93. The van der Waals surface area contributed by atoms with Crippen LogP contribution in [-0.2, 0) is 0 Å². The number of rotatable bonds is 4. The molecule has 2 N–H and O–H groups in total. The van der Waals surface area contributed by atoms with Crippen LogP contribution in [0, 0.1) is 0 Å². The minimum Gasteiger partial charge on any atom is -0.398 e. The topological polar surface area (TPSA) is 32.5 Å². The number of hydrogen-bond donors (Lipinski definition) is 1. The first kappa shape index (κ1) is 14.0. The third kappa shape index (κ3) is 4.05. The van der Waals surface area contributed by atoms with Crippen LogP contribution in [-0.4, -0.2) is 55.3 Å². The average molecular weight is 286 g/mol. The molecule has 0 amide bonds. The van der Waals surface area contributed by atoms with Gasteiger partial charge in [-0.25, -0.2) is 0 Å². The minimum absolute atomic E-state index is 0.705. The lowest BCUT2D eigenvalue weighted by Crippen LogP contribution is -2.45. The lowest BCUT2D eigenvalue weighted by Gasteiger charge is -2.32. The Hall–Kier alpha value is -0.420. The number of benzene rings is 1. The van der Waals surface area contributed by atoms with Crippen LogP contribution < -0.4 is 5.73 Å². The summed E-state index contributed by atoms with van der Waals surface area (Å²) in [6.45, 7) is 5.82. The van der Waals surface area contributed by atoms with Gasteiger partial charge in [-0.2, -0.15) is 0 Å². The maximum Gasteiger partial charge on any atom is 0.0467 e. The fraction of sp³-hybridized carbons (Fsp3) is 0.538. The molecule has 0 spiro atoms. The van der Waals surface area contributed by atoms with Gasteiger partial charge in [0.2, 0.25) is 0 Å². The minimum atomic E-state index is 0.705. The standard InChI is InChI=1S/C13H20ClN3S/c1-16-4-6-17(7-5-16)8-9-18-13-3-2-11(14)10-12(13)15/h2-3,10H,4-9,15H2,1H3. The molecule has 3 nitrogen and oxygen atoms in total. The Morgan fingerprint density at radius 2 is 2.00 bits per heavy atom. The molecule has 1 aromatic carbocycles. The third-order valence-corrected chi connectivity index (χ3v) is 4.54. The van der Waals surface area contributed by atoms with Gasteiger partial charge in [-0.1, -0.05) is 11.6 Å². The van der Waals surface area contributed by atoms with Crippen molar-refractivity contribution in [2.24, 2.45) is 0 Å². The van der Waals surface area contributed by atoms with Crippen LogP contribution in [0.15, 0.2) is 23.1 Å². The van der Waals surface area contributed by atoms with Gasteiger partial charge in [0.05, 0.1) is 0 Å². The molecule has 0 unspecified atom stereocenters. The summed E-state index contributed by atoms with van der Waals surface area (Å²) in [7, 11) is 2.18. The Balaban J connectivity index is 1.75. The van der Waals surface area contributed by atoms with E-state index in [4.69, 9.17) is 17.3 Å². The largest absolute Gasteiger partial charge is 0.398 e. The van der Waals surface area contributed by atoms with E-state index in [0.29, 0.717) is 5.02 Å². The molecule has 0 aromatic heterocycles. The highest BCUT2D eigenvalue weighted by atomic mass is 35.5. The normalized spacial score (nSPS) is 18.1. The van der Waals surface area contributed by atoms with Crippen LogP contribution in [0.3, 0.4) is 0 Å². The molecule has 1 heterocycles. The van der Waals surface area contributed by atoms with E-state index in [2.05, 4.69) is 16.8 Å². The van der Waals surface area contributed by atoms with E-state index in [1.165, 1.54) is 26.2 Å². The van der Waals surface area contributed by atoms with Crippen molar-refractivity contribution in [2.75, 3.05) is 51.3 Å².